The van der Waals surface area contributed by atoms with Crippen LogP contribution in [0.4, 0.5) is 4.79 Å². The van der Waals surface area contributed by atoms with E-state index in [1.807, 2.05) is 0 Å². The summed E-state index contributed by atoms with van der Waals surface area (Å²) in [4.78, 5) is 23.8. The van der Waals surface area contributed by atoms with E-state index in [1.165, 1.54) is 0 Å². The third kappa shape index (κ3) is 1.83. The third-order valence-corrected chi connectivity index (χ3v) is 4.05. The van der Waals surface area contributed by atoms with Crippen LogP contribution in [0, 0.1) is 5.92 Å². The number of carbonyl (C=O) groups is 2. The Morgan fingerprint density at radius 3 is 2.80 bits per heavy atom. The average Bonchev–Trinajstić information content (AvgIpc) is 2.59. The summed E-state index contributed by atoms with van der Waals surface area (Å²) in [5, 5.41) is 11.7. The summed E-state index contributed by atoms with van der Waals surface area (Å²) in [7, 11) is -3.84. The molecule has 3 aliphatic rings. The minimum Gasteiger partial charge on any atom is -0.449 e. The summed E-state index contributed by atoms with van der Waals surface area (Å²) in [6.07, 6.45) is -0.242. The number of nitrogens with zero attached hydrogens (tertiary/aromatic N) is 1. The van der Waals surface area contributed by atoms with Gasteiger partial charge in [0.15, 0.2) is 5.76 Å². The number of carboxylic acid groups (broad SMARTS) is 1. The van der Waals surface area contributed by atoms with Gasteiger partial charge in [-0.15, -0.1) is 0 Å². The number of β-lactam (4-membered cyclic amide) rings is 1. The highest BCUT2D eigenvalue weighted by Gasteiger charge is 2.62. The zero-order valence-electron chi connectivity index (χ0n) is 10.4. The Morgan fingerprint density at radius 2 is 2.20 bits per heavy atom. The lowest BCUT2D eigenvalue weighted by Crippen LogP contribution is -2.71. The Hall–Kier alpha value is -1.81. The summed E-state index contributed by atoms with van der Waals surface area (Å²) >= 11 is 0. The van der Waals surface area contributed by atoms with E-state index in [1.54, 1.807) is 0 Å². The molecule has 3 heterocycles. The van der Waals surface area contributed by atoms with Crippen LogP contribution in [0.5, 0.6) is 0 Å². The maximum Gasteiger partial charge on any atom is 0.512 e. The first kappa shape index (κ1) is 13.2. The van der Waals surface area contributed by atoms with Crippen LogP contribution in [0.15, 0.2) is 11.6 Å². The molecule has 1 amide bonds. The monoisotopic (exact) mass is 304 g/mol. The predicted molar refractivity (Wildman–Crippen MR) is 62.6 cm³/mol. The molecule has 0 aromatic heterocycles. The molecule has 10 heteroatoms. The molecule has 20 heavy (non-hydrogen) atoms. The van der Waals surface area contributed by atoms with Crippen LogP contribution in [0.2, 0.25) is 0 Å². The second-order valence-electron chi connectivity index (χ2n) is 4.85. The summed E-state index contributed by atoms with van der Waals surface area (Å²) in [6.45, 7) is 0.516. The van der Waals surface area contributed by atoms with E-state index >= 15 is 0 Å². The average molecular weight is 304 g/mol. The predicted octanol–water partition coefficient (Wildman–Crippen LogP) is -0.971. The first-order valence-corrected chi connectivity index (χ1v) is 7.72. The SMILES string of the molecule is CS(=O)(=O)OC1=C(OC(=O)O)N2C(=O)[C@H]3NCCC1[C@H]32. The number of amides is 1. The molecule has 1 unspecified atom stereocenters. The lowest BCUT2D eigenvalue weighted by molar-refractivity contribution is -0.152. The fourth-order valence-corrected chi connectivity index (χ4v) is 3.46. The second kappa shape index (κ2) is 4.09. The topological polar surface area (TPSA) is 122 Å². The summed E-state index contributed by atoms with van der Waals surface area (Å²) in [5.41, 5.74) is 0. The summed E-state index contributed by atoms with van der Waals surface area (Å²) in [6, 6.07) is -0.788. The normalized spacial score (nSPS) is 31.8. The van der Waals surface area contributed by atoms with Crippen molar-refractivity contribution in [2.24, 2.45) is 5.92 Å². The van der Waals surface area contributed by atoms with Gasteiger partial charge in [-0.1, -0.05) is 0 Å². The summed E-state index contributed by atoms with van der Waals surface area (Å²) in [5.74, 6) is -1.15. The second-order valence-corrected chi connectivity index (χ2v) is 6.43. The van der Waals surface area contributed by atoms with Crippen molar-refractivity contribution in [3.63, 3.8) is 0 Å². The van der Waals surface area contributed by atoms with E-state index in [9.17, 15) is 18.0 Å². The van der Waals surface area contributed by atoms with Gasteiger partial charge >= 0.3 is 16.3 Å². The molecule has 0 aromatic rings. The van der Waals surface area contributed by atoms with Gasteiger partial charge in [-0.05, 0) is 13.0 Å². The van der Waals surface area contributed by atoms with Crippen LogP contribution in [0.25, 0.3) is 0 Å². The minimum absolute atomic E-state index is 0.0998. The summed E-state index contributed by atoms with van der Waals surface area (Å²) < 4.78 is 32.1. The fraction of sp³-hybridized carbons (Fsp3) is 0.600. The van der Waals surface area contributed by atoms with Gasteiger partial charge < -0.3 is 19.3 Å². The minimum atomic E-state index is -3.84. The van der Waals surface area contributed by atoms with Gasteiger partial charge in [-0.3, -0.25) is 9.69 Å². The van der Waals surface area contributed by atoms with Crippen LogP contribution < -0.4 is 5.32 Å². The lowest BCUT2D eigenvalue weighted by Gasteiger charge is -2.47. The van der Waals surface area contributed by atoms with Crippen molar-refractivity contribution in [2.45, 2.75) is 18.5 Å². The van der Waals surface area contributed by atoms with Crippen LogP contribution in [-0.4, -0.2) is 55.4 Å². The standard InChI is InChI=1S/C10H12N2O7S/c1-20(16,17)19-7-4-2-3-11-5-6(4)12(8(5)13)9(7)18-10(14)15/h4-6,11H,2-3H2,1H3,(H,14,15)/t4?,5-,6+/m0/s1. The Morgan fingerprint density at radius 1 is 1.50 bits per heavy atom. The lowest BCUT2D eigenvalue weighted by atomic mass is 9.82. The Kier molecular flexibility index (Phi) is 2.70. The highest BCUT2D eigenvalue weighted by molar-refractivity contribution is 7.86. The quantitative estimate of drug-likeness (QED) is 0.388. The molecule has 110 valence electrons. The molecule has 2 N–H and O–H groups in total. The van der Waals surface area contributed by atoms with E-state index in [-0.39, 0.29) is 29.5 Å². The number of rotatable bonds is 3. The molecule has 2 saturated heterocycles. The van der Waals surface area contributed by atoms with Crippen LogP contribution in [0.3, 0.4) is 0 Å². The van der Waals surface area contributed by atoms with E-state index < -0.39 is 22.3 Å². The molecule has 0 spiro atoms. The van der Waals surface area contributed by atoms with Crippen molar-refractivity contribution in [2.75, 3.05) is 12.8 Å². The highest BCUT2D eigenvalue weighted by Crippen LogP contribution is 2.47. The molecule has 0 radical (unpaired) electrons. The van der Waals surface area contributed by atoms with Crippen molar-refractivity contribution in [3.05, 3.63) is 11.6 Å². The number of ether oxygens (including phenoxy) is 1. The van der Waals surface area contributed by atoms with Gasteiger partial charge in [0.2, 0.25) is 5.91 Å². The first-order valence-electron chi connectivity index (χ1n) is 5.90. The highest BCUT2D eigenvalue weighted by atomic mass is 32.2. The molecule has 3 atom stereocenters. The number of carbonyl (C=O) groups excluding carboxylic acids is 1. The molecule has 3 rings (SSSR count). The van der Waals surface area contributed by atoms with Crippen molar-refractivity contribution < 1.29 is 32.0 Å². The molecule has 0 aromatic carbocycles. The van der Waals surface area contributed by atoms with Crippen molar-refractivity contribution in [1.29, 1.82) is 0 Å². The number of hydrogen-bond acceptors (Lipinski definition) is 7. The maximum absolute atomic E-state index is 11.9. The van der Waals surface area contributed by atoms with Crippen LogP contribution in [0.1, 0.15) is 6.42 Å². The zero-order valence-corrected chi connectivity index (χ0v) is 11.2. The molecule has 0 bridgehead atoms. The Balaban J connectivity index is 2.02. The Bertz CT molecular complexity index is 626. The van der Waals surface area contributed by atoms with Crippen molar-refractivity contribution in [3.8, 4) is 0 Å². The van der Waals surface area contributed by atoms with E-state index in [4.69, 9.17) is 9.29 Å². The third-order valence-electron chi connectivity index (χ3n) is 3.57. The van der Waals surface area contributed by atoms with E-state index in [0.29, 0.717) is 13.0 Å². The largest absolute Gasteiger partial charge is 0.512 e. The van der Waals surface area contributed by atoms with Crippen LogP contribution >= 0.6 is 0 Å². The molecule has 3 aliphatic heterocycles. The number of nitrogens with one attached hydrogen (secondary N) is 1. The molecule has 0 saturated carbocycles. The van der Waals surface area contributed by atoms with Gasteiger partial charge in [0.25, 0.3) is 5.88 Å². The first-order chi connectivity index (χ1) is 9.29. The molecule has 2 fully saturated rings. The van der Waals surface area contributed by atoms with Crippen molar-refractivity contribution in [1.82, 2.24) is 10.2 Å². The molecule has 9 nitrogen and oxygen atoms in total. The van der Waals surface area contributed by atoms with E-state index in [2.05, 4.69) is 10.1 Å². The molecular formula is C10H12N2O7S. The fourth-order valence-electron chi connectivity index (χ4n) is 2.94. The maximum atomic E-state index is 11.9. The van der Waals surface area contributed by atoms with Crippen LogP contribution in [-0.2, 0) is 23.8 Å². The zero-order chi connectivity index (χ0) is 14.7. The molecule has 0 aliphatic carbocycles. The van der Waals surface area contributed by atoms with Gasteiger partial charge in [0.05, 0.1) is 12.3 Å². The number of hydrogen-bond donors (Lipinski definition) is 2. The van der Waals surface area contributed by atoms with Gasteiger partial charge in [0, 0.05) is 5.92 Å². The van der Waals surface area contributed by atoms with Gasteiger partial charge in [-0.25, -0.2) is 4.79 Å². The van der Waals surface area contributed by atoms with Gasteiger partial charge in [-0.2, -0.15) is 8.42 Å². The van der Waals surface area contributed by atoms with Crippen molar-refractivity contribution >= 4 is 22.2 Å². The molecular weight excluding hydrogens is 292 g/mol. The van der Waals surface area contributed by atoms with Gasteiger partial charge in [0.1, 0.15) is 6.04 Å². The number of piperidine rings is 1. The smallest absolute Gasteiger partial charge is 0.449 e. The Labute approximate surface area is 114 Å². The van der Waals surface area contributed by atoms with E-state index in [0.717, 1.165) is 11.2 Å².